The highest BCUT2D eigenvalue weighted by atomic mass is 32.1. The molecule has 1 amide bonds. The Morgan fingerprint density at radius 3 is 2.79 bits per heavy atom. The molecule has 2 heterocycles. The van der Waals surface area contributed by atoms with Crippen LogP contribution in [-0.4, -0.2) is 16.1 Å². The van der Waals surface area contributed by atoms with Gasteiger partial charge in [-0.15, -0.1) is 21.5 Å². The second-order valence-electron chi connectivity index (χ2n) is 5.01. The normalized spacial score (nSPS) is 10.8. The Kier molecular flexibility index (Phi) is 4.39. The van der Waals surface area contributed by atoms with Crippen LogP contribution in [0.4, 0.5) is 14.5 Å². The van der Waals surface area contributed by atoms with Crippen LogP contribution in [0.5, 0.6) is 0 Å². The average Bonchev–Trinajstić information content (AvgIpc) is 3.17. The molecule has 24 heavy (non-hydrogen) atoms. The van der Waals surface area contributed by atoms with E-state index in [0.717, 1.165) is 23.1 Å². The van der Waals surface area contributed by atoms with Crippen molar-refractivity contribution in [2.75, 3.05) is 5.32 Å². The zero-order chi connectivity index (χ0) is 17.3. The topological polar surface area (TPSA) is 68.0 Å². The number of anilines is 1. The Labute approximate surface area is 140 Å². The van der Waals surface area contributed by atoms with E-state index in [1.54, 1.807) is 13.0 Å². The summed E-state index contributed by atoms with van der Waals surface area (Å²) in [6.07, 6.45) is 0.625. The van der Waals surface area contributed by atoms with Gasteiger partial charge >= 0.3 is 0 Å². The third-order valence-corrected chi connectivity index (χ3v) is 4.36. The highest BCUT2D eigenvalue weighted by molar-refractivity contribution is 7.15. The van der Waals surface area contributed by atoms with Crippen LogP contribution in [0.15, 0.2) is 28.7 Å². The quantitative estimate of drug-likeness (QED) is 0.766. The Balaban J connectivity index is 1.85. The van der Waals surface area contributed by atoms with Crippen molar-refractivity contribution in [2.24, 2.45) is 0 Å². The van der Waals surface area contributed by atoms with E-state index in [-0.39, 0.29) is 5.56 Å². The van der Waals surface area contributed by atoms with Gasteiger partial charge < -0.3 is 9.73 Å². The van der Waals surface area contributed by atoms with Crippen molar-refractivity contribution >= 4 is 22.9 Å². The summed E-state index contributed by atoms with van der Waals surface area (Å²) in [5, 5.41) is 10.4. The van der Waals surface area contributed by atoms with Crippen molar-refractivity contribution < 1.29 is 18.0 Å². The summed E-state index contributed by atoms with van der Waals surface area (Å²) in [6.45, 7) is 3.69. The van der Waals surface area contributed by atoms with E-state index in [9.17, 15) is 13.6 Å². The van der Waals surface area contributed by atoms with E-state index in [0.29, 0.717) is 28.8 Å². The summed E-state index contributed by atoms with van der Waals surface area (Å²) < 4.78 is 32.4. The lowest BCUT2D eigenvalue weighted by atomic mass is 10.2. The number of carbonyl (C=O) groups is 1. The van der Waals surface area contributed by atoms with E-state index in [4.69, 9.17) is 4.42 Å². The summed E-state index contributed by atoms with van der Waals surface area (Å²) in [5.41, 5.74) is 0.133. The lowest BCUT2D eigenvalue weighted by molar-refractivity contribution is 0.102. The maximum absolute atomic E-state index is 13.7. The predicted octanol–water partition coefficient (Wildman–Crippen LogP) is 4.20. The molecule has 0 atom stereocenters. The van der Waals surface area contributed by atoms with Gasteiger partial charge in [-0.25, -0.2) is 8.78 Å². The monoisotopic (exact) mass is 349 g/mol. The summed E-state index contributed by atoms with van der Waals surface area (Å²) in [5.74, 6) is -1.31. The molecule has 1 aromatic carbocycles. The third kappa shape index (κ3) is 3.18. The number of benzene rings is 1. The Morgan fingerprint density at radius 1 is 1.29 bits per heavy atom. The van der Waals surface area contributed by atoms with Crippen LogP contribution in [0.1, 0.15) is 28.0 Å². The molecule has 0 radical (unpaired) electrons. The molecule has 0 aliphatic rings. The number of hydrogen-bond donors (Lipinski definition) is 1. The minimum atomic E-state index is -0.786. The first-order valence-corrected chi connectivity index (χ1v) is 7.99. The maximum Gasteiger partial charge on any atom is 0.258 e. The molecule has 1 N–H and O–H groups in total. The van der Waals surface area contributed by atoms with Crippen molar-refractivity contribution in [3.63, 3.8) is 0 Å². The van der Waals surface area contributed by atoms with E-state index in [2.05, 4.69) is 15.5 Å². The van der Waals surface area contributed by atoms with Crippen LogP contribution in [0, 0.1) is 18.6 Å². The first-order valence-electron chi connectivity index (χ1n) is 7.17. The molecule has 5 nitrogen and oxygen atoms in total. The second-order valence-corrected chi connectivity index (χ2v) is 6.27. The third-order valence-electron chi connectivity index (χ3n) is 3.32. The smallest absolute Gasteiger partial charge is 0.258 e. The molecule has 0 saturated heterocycles. The van der Waals surface area contributed by atoms with Gasteiger partial charge in [0.1, 0.15) is 11.6 Å². The number of thiophene rings is 1. The van der Waals surface area contributed by atoms with Crippen molar-refractivity contribution in [3.8, 4) is 10.8 Å². The van der Waals surface area contributed by atoms with Crippen molar-refractivity contribution in [1.29, 1.82) is 0 Å². The SMILES string of the molecule is CCc1nnc(-c2cc(NC(=O)c3cc(F)ccc3F)c(C)s2)o1. The minimum absolute atomic E-state index is 0.354. The Morgan fingerprint density at radius 2 is 2.08 bits per heavy atom. The van der Waals surface area contributed by atoms with Gasteiger partial charge in [-0.2, -0.15) is 0 Å². The Hall–Kier alpha value is -2.61. The second kappa shape index (κ2) is 6.48. The van der Waals surface area contributed by atoms with E-state index in [1.165, 1.54) is 11.3 Å². The standard InChI is InChI=1S/C16H13F2N3O2S/c1-3-14-20-21-16(23-14)13-7-12(8(2)24-13)19-15(22)10-6-9(17)4-5-11(10)18/h4-7H,3H2,1-2H3,(H,19,22). The molecule has 0 saturated carbocycles. The maximum atomic E-state index is 13.7. The molecule has 0 aliphatic heterocycles. The molecule has 3 aromatic rings. The largest absolute Gasteiger partial charge is 0.420 e. The molecule has 0 unspecified atom stereocenters. The molecule has 0 spiro atoms. The number of carbonyl (C=O) groups excluding carboxylic acids is 1. The molecular weight excluding hydrogens is 336 g/mol. The fourth-order valence-corrected chi connectivity index (χ4v) is 2.97. The first kappa shape index (κ1) is 16.3. The van der Waals surface area contributed by atoms with Gasteiger partial charge in [-0.1, -0.05) is 6.92 Å². The zero-order valence-electron chi connectivity index (χ0n) is 12.9. The summed E-state index contributed by atoms with van der Waals surface area (Å²) in [4.78, 5) is 13.6. The van der Waals surface area contributed by atoms with Crippen molar-refractivity contribution in [3.05, 3.63) is 52.2 Å². The number of nitrogens with zero attached hydrogens (tertiary/aromatic N) is 2. The molecule has 0 aliphatic carbocycles. The number of nitrogens with one attached hydrogen (secondary N) is 1. The number of aryl methyl sites for hydroxylation is 2. The van der Waals surface area contributed by atoms with E-state index < -0.39 is 17.5 Å². The van der Waals surface area contributed by atoms with Gasteiger partial charge in [0.2, 0.25) is 5.89 Å². The lowest BCUT2D eigenvalue weighted by Crippen LogP contribution is -2.14. The first-order chi connectivity index (χ1) is 11.5. The number of rotatable bonds is 4. The molecular formula is C16H13F2N3O2S. The molecule has 8 heteroatoms. The highest BCUT2D eigenvalue weighted by Crippen LogP contribution is 2.33. The van der Waals surface area contributed by atoms with Gasteiger partial charge in [-0.05, 0) is 31.2 Å². The molecule has 2 aromatic heterocycles. The van der Waals surface area contributed by atoms with E-state index >= 15 is 0 Å². The highest BCUT2D eigenvalue weighted by Gasteiger charge is 2.17. The molecule has 0 bridgehead atoms. The number of amides is 1. The van der Waals surface area contributed by atoms with Gasteiger partial charge in [0.05, 0.1) is 16.1 Å². The van der Waals surface area contributed by atoms with E-state index in [1.807, 2.05) is 6.92 Å². The predicted molar refractivity (Wildman–Crippen MR) is 86.0 cm³/mol. The van der Waals surface area contributed by atoms with Crippen LogP contribution in [-0.2, 0) is 6.42 Å². The lowest BCUT2D eigenvalue weighted by Gasteiger charge is -2.05. The minimum Gasteiger partial charge on any atom is -0.420 e. The van der Waals surface area contributed by atoms with Crippen molar-refractivity contribution in [1.82, 2.24) is 10.2 Å². The number of hydrogen-bond acceptors (Lipinski definition) is 5. The zero-order valence-corrected chi connectivity index (χ0v) is 13.7. The molecule has 124 valence electrons. The Bertz CT molecular complexity index is 905. The van der Waals surface area contributed by atoms with Gasteiger partial charge in [0.15, 0.2) is 0 Å². The van der Waals surface area contributed by atoms with Crippen LogP contribution in [0.25, 0.3) is 10.8 Å². The van der Waals surface area contributed by atoms with Crippen LogP contribution >= 0.6 is 11.3 Å². The van der Waals surface area contributed by atoms with Gasteiger partial charge in [-0.3, -0.25) is 4.79 Å². The van der Waals surface area contributed by atoms with Gasteiger partial charge in [0, 0.05) is 11.3 Å². The summed E-state index contributed by atoms with van der Waals surface area (Å²) in [7, 11) is 0. The summed E-state index contributed by atoms with van der Waals surface area (Å²) in [6, 6.07) is 4.41. The fourth-order valence-electron chi connectivity index (χ4n) is 2.07. The fraction of sp³-hybridized carbons (Fsp3) is 0.188. The average molecular weight is 349 g/mol. The van der Waals surface area contributed by atoms with Crippen LogP contribution in [0.3, 0.4) is 0 Å². The van der Waals surface area contributed by atoms with Gasteiger partial charge in [0.25, 0.3) is 11.8 Å². The molecule has 0 fully saturated rings. The molecule has 3 rings (SSSR count). The number of halogens is 2. The van der Waals surface area contributed by atoms with Crippen LogP contribution in [0.2, 0.25) is 0 Å². The van der Waals surface area contributed by atoms with Crippen molar-refractivity contribution in [2.45, 2.75) is 20.3 Å². The van der Waals surface area contributed by atoms with Crippen LogP contribution < -0.4 is 5.32 Å². The summed E-state index contributed by atoms with van der Waals surface area (Å²) >= 11 is 1.36. The number of aromatic nitrogens is 2.